The predicted octanol–water partition coefficient (Wildman–Crippen LogP) is 2.50. The highest BCUT2D eigenvalue weighted by Crippen LogP contribution is 2.23. The van der Waals surface area contributed by atoms with Crippen molar-refractivity contribution in [3.05, 3.63) is 60.2 Å². The number of nitrogens with zero attached hydrogens (tertiary/aromatic N) is 1. The Kier molecular flexibility index (Phi) is 4.75. The number of aromatic nitrogens is 2. The molecule has 6 heteroatoms. The Morgan fingerprint density at radius 2 is 2.13 bits per heavy atom. The van der Waals surface area contributed by atoms with Crippen LogP contribution in [-0.2, 0) is 6.54 Å². The second kappa shape index (κ2) is 7.13. The van der Waals surface area contributed by atoms with E-state index in [1.54, 1.807) is 31.7 Å². The number of rotatable bonds is 7. The summed E-state index contributed by atoms with van der Waals surface area (Å²) in [6.45, 7) is 0.996. The molecule has 2 aromatic heterocycles. The van der Waals surface area contributed by atoms with E-state index in [1.807, 2.05) is 24.3 Å². The molecule has 0 amide bonds. The first kappa shape index (κ1) is 15.3. The molecule has 0 aliphatic carbocycles. The van der Waals surface area contributed by atoms with Gasteiger partial charge in [0.25, 0.3) is 0 Å². The molecule has 1 aromatic carbocycles. The summed E-state index contributed by atoms with van der Waals surface area (Å²) in [7, 11) is 1.64. The van der Waals surface area contributed by atoms with Gasteiger partial charge < -0.3 is 19.6 Å². The van der Waals surface area contributed by atoms with Crippen molar-refractivity contribution >= 4 is 0 Å². The van der Waals surface area contributed by atoms with Gasteiger partial charge in [-0.05, 0) is 36.4 Å². The summed E-state index contributed by atoms with van der Waals surface area (Å²) in [6, 6.07) is 11.3. The average Bonchev–Trinajstić information content (AvgIpc) is 3.26. The first-order valence-electron chi connectivity index (χ1n) is 7.37. The zero-order chi connectivity index (χ0) is 16.1. The van der Waals surface area contributed by atoms with Gasteiger partial charge in [0, 0.05) is 24.2 Å². The SMILES string of the molecule is COc1ccc(-c2[nH]ncc2CNCC(O)c2ccco2)cc1. The molecule has 3 aromatic rings. The van der Waals surface area contributed by atoms with Crippen molar-refractivity contribution in [2.75, 3.05) is 13.7 Å². The van der Waals surface area contributed by atoms with E-state index >= 15 is 0 Å². The van der Waals surface area contributed by atoms with Gasteiger partial charge in [0.2, 0.25) is 0 Å². The highest BCUT2D eigenvalue weighted by molar-refractivity contribution is 5.63. The van der Waals surface area contributed by atoms with Crippen LogP contribution in [0.15, 0.2) is 53.3 Å². The fourth-order valence-corrected chi connectivity index (χ4v) is 2.38. The van der Waals surface area contributed by atoms with Gasteiger partial charge in [0.05, 0.1) is 25.3 Å². The van der Waals surface area contributed by atoms with E-state index in [1.165, 1.54) is 0 Å². The zero-order valence-electron chi connectivity index (χ0n) is 12.8. The Hall–Kier alpha value is -2.57. The van der Waals surface area contributed by atoms with Crippen LogP contribution in [0.2, 0.25) is 0 Å². The molecule has 2 heterocycles. The molecule has 1 unspecified atom stereocenters. The van der Waals surface area contributed by atoms with Crippen LogP contribution < -0.4 is 10.1 Å². The van der Waals surface area contributed by atoms with Crippen molar-refractivity contribution in [2.24, 2.45) is 0 Å². The molecular weight excluding hydrogens is 294 g/mol. The lowest BCUT2D eigenvalue weighted by molar-refractivity contribution is 0.147. The minimum absolute atomic E-state index is 0.404. The normalized spacial score (nSPS) is 12.3. The molecular formula is C17H19N3O3. The van der Waals surface area contributed by atoms with Gasteiger partial charge in [0.15, 0.2) is 0 Å². The predicted molar refractivity (Wildman–Crippen MR) is 86.0 cm³/mol. The summed E-state index contributed by atoms with van der Waals surface area (Å²) in [6.07, 6.45) is 2.67. The standard InChI is InChI=1S/C17H19N3O3/c1-22-14-6-4-12(5-7-14)17-13(10-19-20-17)9-18-11-15(21)16-3-2-8-23-16/h2-8,10,15,18,21H,9,11H2,1H3,(H,19,20). The maximum Gasteiger partial charge on any atom is 0.133 e. The molecule has 0 radical (unpaired) electrons. The highest BCUT2D eigenvalue weighted by atomic mass is 16.5. The van der Waals surface area contributed by atoms with Gasteiger partial charge in [-0.2, -0.15) is 5.10 Å². The average molecular weight is 313 g/mol. The number of H-pyrrole nitrogens is 1. The molecule has 1 atom stereocenters. The zero-order valence-corrected chi connectivity index (χ0v) is 12.8. The van der Waals surface area contributed by atoms with Crippen LogP contribution >= 0.6 is 0 Å². The Morgan fingerprint density at radius 1 is 1.30 bits per heavy atom. The number of ether oxygens (including phenoxy) is 1. The van der Waals surface area contributed by atoms with Crippen molar-refractivity contribution in [3.63, 3.8) is 0 Å². The van der Waals surface area contributed by atoms with Gasteiger partial charge >= 0.3 is 0 Å². The summed E-state index contributed by atoms with van der Waals surface area (Å²) in [5.41, 5.74) is 3.01. The van der Waals surface area contributed by atoms with Crippen LogP contribution in [0.25, 0.3) is 11.3 Å². The van der Waals surface area contributed by atoms with Crippen molar-refractivity contribution in [2.45, 2.75) is 12.6 Å². The summed E-state index contributed by atoms with van der Waals surface area (Å²) < 4.78 is 10.3. The largest absolute Gasteiger partial charge is 0.497 e. The minimum atomic E-state index is -0.665. The lowest BCUT2D eigenvalue weighted by Gasteiger charge is -2.10. The van der Waals surface area contributed by atoms with Crippen molar-refractivity contribution < 1.29 is 14.3 Å². The number of methoxy groups -OCH3 is 1. The van der Waals surface area contributed by atoms with Crippen LogP contribution in [0.5, 0.6) is 5.75 Å². The molecule has 6 nitrogen and oxygen atoms in total. The Bertz CT molecular complexity index is 720. The molecule has 3 rings (SSSR count). The van der Waals surface area contributed by atoms with Crippen LogP contribution in [0.3, 0.4) is 0 Å². The number of aliphatic hydroxyl groups excluding tert-OH is 1. The number of hydrogen-bond acceptors (Lipinski definition) is 5. The van der Waals surface area contributed by atoms with E-state index in [0.717, 1.165) is 22.6 Å². The molecule has 23 heavy (non-hydrogen) atoms. The van der Waals surface area contributed by atoms with E-state index in [0.29, 0.717) is 18.8 Å². The van der Waals surface area contributed by atoms with Crippen LogP contribution in [0, 0.1) is 0 Å². The van der Waals surface area contributed by atoms with E-state index in [2.05, 4.69) is 15.5 Å². The van der Waals surface area contributed by atoms with Gasteiger partial charge in [-0.25, -0.2) is 0 Å². The van der Waals surface area contributed by atoms with E-state index in [4.69, 9.17) is 9.15 Å². The highest BCUT2D eigenvalue weighted by Gasteiger charge is 2.11. The molecule has 120 valence electrons. The van der Waals surface area contributed by atoms with Crippen LogP contribution in [0.4, 0.5) is 0 Å². The third-order valence-corrected chi connectivity index (χ3v) is 3.62. The van der Waals surface area contributed by atoms with E-state index in [-0.39, 0.29) is 0 Å². The maximum atomic E-state index is 9.99. The summed E-state index contributed by atoms with van der Waals surface area (Å²) >= 11 is 0. The molecule has 0 aliphatic heterocycles. The topological polar surface area (TPSA) is 83.3 Å². The quantitative estimate of drug-likeness (QED) is 0.624. The summed E-state index contributed by atoms with van der Waals surface area (Å²) in [5, 5.41) is 20.3. The fraction of sp³-hybridized carbons (Fsp3) is 0.235. The lowest BCUT2D eigenvalue weighted by Crippen LogP contribution is -2.20. The van der Waals surface area contributed by atoms with Crippen molar-refractivity contribution in [3.8, 4) is 17.0 Å². The molecule has 0 bridgehead atoms. The molecule has 3 N–H and O–H groups in total. The van der Waals surface area contributed by atoms with Gasteiger partial charge in [-0.1, -0.05) is 0 Å². The third-order valence-electron chi connectivity index (χ3n) is 3.62. The van der Waals surface area contributed by atoms with Crippen molar-refractivity contribution in [1.82, 2.24) is 15.5 Å². The number of benzene rings is 1. The van der Waals surface area contributed by atoms with Gasteiger partial charge in [-0.3, -0.25) is 5.10 Å². The van der Waals surface area contributed by atoms with Crippen LogP contribution in [-0.4, -0.2) is 29.0 Å². The molecule has 0 saturated heterocycles. The van der Waals surface area contributed by atoms with Crippen LogP contribution in [0.1, 0.15) is 17.4 Å². The van der Waals surface area contributed by atoms with E-state index in [9.17, 15) is 5.11 Å². The van der Waals surface area contributed by atoms with Gasteiger partial charge in [0.1, 0.15) is 17.6 Å². The number of aliphatic hydroxyl groups is 1. The second-order valence-corrected chi connectivity index (χ2v) is 5.16. The second-order valence-electron chi connectivity index (χ2n) is 5.16. The first-order valence-corrected chi connectivity index (χ1v) is 7.37. The molecule has 0 fully saturated rings. The number of aromatic amines is 1. The van der Waals surface area contributed by atoms with Gasteiger partial charge in [-0.15, -0.1) is 0 Å². The van der Waals surface area contributed by atoms with E-state index < -0.39 is 6.10 Å². The summed E-state index contributed by atoms with van der Waals surface area (Å²) in [5.74, 6) is 1.37. The number of nitrogens with one attached hydrogen (secondary N) is 2. The molecule has 0 aliphatic rings. The minimum Gasteiger partial charge on any atom is -0.497 e. The smallest absolute Gasteiger partial charge is 0.133 e. The molecule has 0 saturated carbocycles. The monoisotopic (exact) mass is 313 g/mol. The molecule has 0 spiro atoms. The van der Waals surface area contributed by atoms with Crippen molar-refractivity contribution in [1.29, 1.82) is 0 Å². The Morgan fingerprint density at radius 3 is 2.83 bits per heavy atom. The summed E-state index contributed by atoms with van der Waals surface area (Å²) in [4.78, 5) is 0. The third kappa shape index (κ3) is 3.61. The number of furan rings is 1. The maximum absolute atomic E-state index is 9.99. The lowest BCUT2D eigenvalue weighted by atomic mass is 10.1. The number of hydrogen-bond donors (Lipinski definition) is 3. The Balaban J connectivity index is 1.62. The first-order chi connectivity index (χ1) is 11.3. The Labute approximate surface area is 134 Å². The fourth-order valence-electron chi connectivity index (χ4n) is 2.38.